The van der Waals surface area contributed by atoms with Crippen molar-refractivity contribution in [1.82, 2.24) is 0 Å². The van der Waals surface area contributed by atoms with Crippen molar-refractivity contribution in [3.8, 4) is 23.3 Å². The van der Waals surface area contributed by atoms with E-state index < -0.39 is 10.0 Å². The lowest BCUT2D eigenvalue weighted by atomic mass is 10.3. The second-order valence-corrected chi connectivity index (χ2v) is 6.28. The molecule has 0 saturated carbocycles. The molecule has 0 amide bonds. The van der Waals surface area contributed by atoms with Gasteiger partial charge in [-0.2, -0.15) is 5.26 Å². The molecule has 0 heterocycles. The van der Waals surface area contributed by atoms with Gasteiger partial charge in [0.1, 0.15) is 11.8 Å². The number of sulfonamides is 1. The first-order chi connectivity index (χ1) is 11.5. The third kappa shape index (κ3) is 4.08. The zero-order chi connectivity index (χ0) is 17.6. The molecule has 1 N–H and O–H groups in total. The highest BCUT2D eigenvalue weighted by atomic mass is 32.2. The summed E-state index contributed by atoms with van der Waals surface area (Å²) in [4.78, 5) is 0.0463. The summed E-state index contributed by atoms with van der Waals surface area (Å²) >= 11 is 0. The van der Waals surface area contributed by atoms with E-state index in [-0.39, 0.29) is 11.5 Å². The third-order valence-electron chi connectivity index (χ3n) is 3.08. The van der Waals surface area contributed by atoms with Crippen LogP contribution in [0, 0.1) is 11.3 Å². The summed E-state index contributed by atoms with van der Waals surface area (Å²) in [6.45, 7) is -0.0727. The van der Waals surface area contributed by atoms with Crippen LogP contribution in [0.2, 0.25) is 0 Å². The number of nitrogens with one attached hydrogen (secondary N) is 1. The van der Waals surface area contributed by atoms with Crippen molar-refractivity contribution in [1.29, 1.82) is 5.26 Å². The van der Waals surface area contributed by atoms with Gasteiger partial charge in [-0.1, -0.05) is 0 Å². The molecule has 2 aromatic rings. The number of ether oxygens (including phenoxy) is 3. The first-order valence-electron chi connectivity index (χ1n) is 6.85. The Morgan fingerprint density at radius 3 is 2.29 bits per heavy atom. The van der Waals surface area contributed by atoms with Gasteiger partial charge in [-0.25, -0.2) is 8.42 Å². The quantitative estimate of drug-likeness (QED) is 0.825. The van der Waals surface area contributed by atoms with Crippen molar-refractivity contribution in [3.63, 3.8) is 0 Å². The van der Waals surface area contributed by atoms with Gasteiger partial charge < -0.3 is 14.2 Å². The standard InChI is InChI=1S/C16H16N2O5S/c1-21-15-8-7-14(11-16(15)22-2)24(19,20)18-12-3-5-13(6-4-12)23-10-9-17/h3-8,11,18H,10H2,1-2H3. The molecule has 0 spiro atoms. The fourth-order valence-corrected chi connectivity index (χ4v) is 3.01. The minimum absolute atomic E-state index is 0.0463. The van der Waals surface area contributed by atoms with E-state index in [4.69, 9.17) is 19.5 Å². The zero-order valence-electron chi connectivity index (χ0n) is 13.1. The second-order valence-electron chi connectivity index (χ2n) is 4.59. The molecule has 0 aromatic heterocycles. The number of hydrogen-bond acceptors (Lipinski definition) is 6. The van der Waals surface area contributed by atoms with Crippen LogP contribution in [0.3, 0.4) is 0 Å². The lowest BCUT2D eigenvalue weighted by Gasteiger charge is -2.12. The van der Waals surface area contributed by atoms with Crippen molar-refractivity contribution >= 4 is 15.7 Å². The molecule has 8 heteroatoms. The van der Waals surface area contributed by atoms with E-state index in [1.165, 1.54) is 32.4 Å². The first kappa shape index (κ1) is 17.4. The van der Waals surface area contributed by atoms with E-state index in [0.717, 1.165) is 0 Å². The van der Waals surface area contributed by atoms with E-state index in [9.17, 15) is 8.42 Å². The first-order valence-corrected chi connectivity index (χ1v) is 8.33. The summed E-state index contributed by atoms with van der Waals surface area (Å²) in [6.07, 6.45) is 0. The fraction of sp³-hybridized carbons (Fsp3) is 0.188. The lowest BCUT2D eigenvalue weighted by molar-refractivity contribution is 0.354. The molecule has 0 unspecified atom stereocenters. The van der Waals surface area contributed by atoms with Crippen LogP contribution in [0.25, 0.3) is 0 Å². The molecule has 0 bridgehead atoms. The average molecular weight is 348 g/mol. The van der Waals surface area contributed by atoms with E-state index in [0.29, 0.717) is 22.9 Å². The Morgan fingerprint density at radius 1 is 1.04 bits per heavy atom. The largest absolute Gasteiger partial charge is 0.493 e. The van der Waals surface area contributed by atoms with E-state index in [1.807, 2.05) is 6.07 Å². The van der Waals surface area contributed by atoms with Crippen LogP contribution < -0.4 is 18.9 Å². The summed E-state index contributed by atoms with van der Waals surface area (Å²) in [7, 11) is -0.875. The SMILES string of the molecule is COc1ccc(S(=O)(=O)Nc2ccc(OCC#N)cc2)cc1OC. The molecule has 7 nitrogen and oxygen atoms in total. The Morgan fingerprint density at radius 2 is 1.71 bits per heavy atom. The maximum atomic E-state index is 12.4. The Bertz CT molecular complexity index is 842. The Hall–Kier alpha value is -2.92. The van der Waals surface area contributed by atoms with Crippen molar-refractivity contribution < 1.29 is 22.6 Å². The number of benzene rings is 2. The van der Waals surface area contributed by atoms with Crippen LogP contribution in [-0.2, 0) is 10.0 Å². The highest BCUT2D eigenvalue weighted by molar-refractivity contribution is 7.92. The predicted octanol–water partition coefficient (Wildman–Crippen LogP) is 2.41. The predicted molar refractivity (Wildman–Crippen MR) is 87.9 cm³/mol. The molecule has 24 heavy (non-hydrogen) atoms. The van der Waals surface area contributed by atoms with E-state index in [1.54, 1.807) is 24.3 Å². The van der Waals surface area contributed by atoms with Crippen molar-refractivity contribution in [3.05, 3.63) is 42.5 Å². The molecule has 126 valence electrons. The molecule has 0 atom stereocenters. The Labute approximate surface area is 140 Å². The summed E-state index contributed by atoms with van der Waals surface area (Å²) in [6, 6.07) is 12.4. The zero-order valence-corrected chi connectivity index (χ0v) is 14.0. The maximum Gasteiger partial charge on any atom is 0.262 e. The van der Waals surface area contributed by atoms with Crippen molar-refractivity contribution in [2.24, 2.45) is 0 Å². The topological polar surface area (TPSA) is 97.7 Å². The van der Waals surface area contributed by atoms with Crippen molar-refractivity contribution in [2.75, 3.05) is 25.5 Å². The van der Waals surface area contributed by atoms with Crippen molar-refractivity contribution in [2.45, 2.75) is 4.90 Å². The monoisotopic (exact) mass is 348 g/mol. The van der Waals surface area contributed by atoms with Crippen LogP contribution in [0.5, 0.6) is 17.2 Å². The summed E-state index contributed by atoms with van der Waals surface area (Å²) < 4.78 is 42.7. The normalized spacial score (nSPS) is 10.5. The van der Waals surface area contributed by atoms with Gasteiger partial charge >= 0.3 is 0 Å². The van der Waals surface area contributed by atoms with Gasteiger partial charge in [0.25, 0.3) is 10.0 Å². The van der Waals surface area contributed by atoms with Crippen LogP contribution in [-0.4, -0.2) is 29.2 Å². The maximum absolute atomic E-state index is 12.4. The lowest BCUT2D eigenvalue weighted by Crippen LogP contribution is -2.13. The van der Waals surface area contributed by atoms with Crippen LogP contribution >= 0.6 is 0 Å². The molecule has 0 aliphatic rings. The molecule has 2 aromatic carbocycles. The highest BCUT2D eigenvalue weighted by Crippen LogP contribution is 2.30. The molecule has 0 radical (unpaired) electrons. The average Bonchev–Trinajstić information content (AvgIpc) is 2.60. The number of anilines is 1. The van der Waals surface area contributed by atoms with Crippen LogP contribution in [0.15, 0.2) is 47.4 Å². The summed E-state index contributed by atoms with van der Waals surface area (Å²) in [5, 5.41) is 8.46. The number of nitriles is 1. The number of nitrogens with zero attached hydrogens (tertiary/aromatic N) is 1. The Balaban J connectivity index is 2.20. The van der Waals surface area contributed by atoms with Crippen LogP contribution in [0.4, 0.5) is 5.69 Å². The third-order valence-corrected chi connectivity index (χ3v) is 4.45. The number of methoxy groups -OCH3 is 2. The smallest absolute Gasteiger partial charge is 0.262 e. The molecular formula is C16H16N2O5S. The fourth-order valence-electron chi connectivity index (χ4n) is 1.93. The van der Waals surface area contributed by atoms with Crippen LogP contribution in [0.1, 0.15) is 0 Å². The van der Waals surface area contributed by atoms with Gasteiger partial charge in [0.15, 0.2) is 18.1 Å². The summed E-state index contributed by atoms with van der Waals surface area (Å²) in [5.41, 5.74) is 0.370. The van der Waals surface area contributed by atoms with Gasteiger partial charge in [0, 0.05) is 11.8 Å². The molecule has 2 rings (SSSR count). The van der Waals surface area contributed by atoms with Gasteiger partial charge in [-0.05, 0) is 36.4 Å². The van der Waals surface area contributed by atoms with Gasteiger partial charge in [0.05, 0.1) is 19.1 Å². The van der Waals surface area contributed by atoms with E-state index in [2.05, 4.69) is 4.72 Å². The minimum Gasteiger partial charge on any atom is -0.493 e. The molecule has 0 aliphatic carbocycles. The second kappa shape index (κ2) is 7.57. The number of rotatable bonds is 7. The summed E-state index contributed by atoms with van der Waals surface area (Å²) in [5.74, 6) is 1.24. The van der Waals surface area contributed by atoms with Gasteiger partial charge in [-0.3, -0.25) is 4.72 Å². The minimum atomic E-state index is -3.78. The molecule has 0 fully saturated rings. The number of hydrogen-bond donors (Lipinski definition) is 1. The van der Waals surface area contributed by atoms with E-state index >= 15 is 0 Å². The van der Waals surface area contributed by atoms with Gasteiger partial charge in [0.2, 0.25) is 0 Å². The Kier molecular flexibility index (Phi) is 5.50. The molecule has 0 saturated heterocycles. The highest BCUT2D eigenvalue weighted by Gasteiger charge is 2.17. The molecule has 0 aliphatic heterocycles. The van der Waals surface area contributed by atoms with Gasteiger partial charge in [-0.15, -0.1) is 0 Å². The molecular weight excluding hydrogens is 332 g/mol.